The van der Waals surface area contributed by atoms with E-state index < -0.39 is 10.0 Å². The maximum absolute atomic E-state index is 12.9. The zero-order valence-corrected chi connectivity index (χ0v) is 20.2. The second-order valence-corrected chi connectivity index (χ2v) is 10.6. The second-order valence-electron chi connectivity index (χ2n) is 7.78. The van der Waals surface area contributed by atoms with Gasteiger partial charge in [0.25, 0.3) is 0 Å². The van der Waals surface area contributed by atoms with Crippen LogP contribution in [-0.4, -0.2) is 31.7 Å². The Morgan fingerprint density at radius 1 is 1.00 bits per heavy atom. The van der Waals surface area contributed by atoms with Crippen LogP contribution < -0.4 is 5.32 Å². The normalized spacial score (nSPS) is 15.7. The molecule has 1 aliphatic heterocycles. The number of halogens is 2. The van der Waals surface area contributed by atoms with Crippen molar-refractivity contribution in [2.24, 2.45) is 5.92 Å². The van der Waals surface area contributed by atoms with Crippen LogP contribution in [0.2, 0.25) is 10.0 Å². The molecule has 8 heteroatoms. The van der Waals surface area contributed by atoms with E-state index in [-0.39, 0.29) is 17.6 Å². The summed E-state index contributed by atoms with van der Waals surface area (Å²) < 4.78 is 27.2. The zero-order valence-electron chi connectivity index (χ0n) is 17.8. The Hall–Kier alpha value is -1.60. The molecule has 0 saturated carbocycles. The molecule has 1 saturated heterocycles. The molecule has 0 bridgehead atoms. The van der Waals surface area contributed by atoms with Crippen molar-refractivity contribution >= 4 is 44.8 Å². The van der Waals surface area contributed by atoms with Crippen molar-refractivity contribution in [1.29, 1.82) is 0 Å². The van der Waals surface area contributed by atoms with Crippen LogP contribution in [0, 0.1) is 5.92 Å². The summed E-state index contributed by atoms with van der Waals surface area (Å²) in [5.41, 5.74) is 3.54. The van der Waals surface area contributed by atoms with Gasteiger partial charge < -0.3 is 5.32 Å². The van der Waals surface area contributed by atoms with Crippen molar-refractivity contribution in [2.45, 2.75) is 45.3 Å². The highest BCUT2D eigenvalue weighted by Crippen LogP contribution is 2.30. The fourth-order valence-electron chi connectivity index (χ4n) is 3.97. The molecule has 1 N–H and O–H groups in total. The van der Waals surface area contributed by atoms with Crippen molar-refractivity contribution in [2.75, 3.05) is 18.4 Å². The van der Waals surface area contributed by atoms with Crippen LogP contribution in [0.5, 0.6) is 0 Å². The highest BCUT2D eigenvalue weighted by atomic mass is 35.5. The molecule has 0 spiro atoms. The molecule has 31 heavy (non-hydrogen) atoms. The van der Waals surface area contributed by atoms with E-state index >= 15 is 0 Å². The number of hydrogen-bond acceptors (Lipinski definition) is 3. The molecule has 5 nitrogen and oxygen atoms in total. The number of hydrogen-bond donors (Lipinski definition) is 1. The molecule has 0 aromatic heterocycles. The van der Waals surface area contributed by atoms with Gasteiger partial charge in [-0.3, -0.25) is 4.79 Å². The first kappa shape index (κ1) is 24.1. The number of nitrogens with one attached hydrogen (secondary N) is 1. The summed E-state index contributed by atoms with van der Waals surface area (Å²) >= 11 is 12.3. The number of benzene rings is 2. The number of aryl methyl sites for hydroxylation is 2. The molecule has 1 heterocycles. The third-order valence-electron chi connectivity index (χ3n) is 5.85. The van der Waals surface area contributed by atoms with Crippen LogP contribution in [-0.2, 0) is 33.4 Å². The minimum atomic E-state index is -3.58. The zero-order chi connectivity index (χ0) is 22.6. The number of carbonyl (C=O) groups excluding carboxylic acids is 1. The average Bonchev–Trinajstić information content (AvgIpc) is 2.76. The predicted molar refractivity (Wildman–Crippen MR) is 127 cm³/mol. The quantitative estimate of drug-likeness (QED) is 0.581. The Morgan fingerprint density at radius 2 is 1.52 bits per heavy atom. The minimum Gasteiger partial charge on any atom is -0.325 e. The van der Waals surface area contributed by atoms with Crippen molar-refractivity contribution in [3.8, 4) is 0 Å². The number of sulfonamides is 1. The van der Waals surface area contributed by atoms with E-state index in [1.165, 1.54) is 4.31 Å². The summed E-state index contributed by atoms with van der Waals surface area (Å²) in [6.45, 7) is 4.75. The van der Waals surface area contributed by atoms with E-state index in [4.69, 9.17) is 23.2 Å². The summed E-state index contributed by atoms with van der Waals surface area (Å²) in [5.74, 6) is -0.502. The standard InChI is InChI=1S/C23H28Cl2N2O3S/c1-3-16-7-5-8-17(4-2)22(16)26-23(28)18-11-13-27(14-12-18)31(29,30)15-19-20(24)9-6-10-21(19)25/h5-10,18H,3-4,11-15H2,1-2H3,(H,26,28). The molecule has 1 amide bonds. The SMILES string of the molecule is CCc1cccc(CC)c1NC(=O)C1CCN(S(=O)(=O)Cc2c(Cl)cccc2Cl)CC1. The lowest BCUT2D eigenvalue weighted by molar-refractivity contribution is -0.120. The molecule has 2 aromatic rings. The number of carbonyl (C=O) groups is 1. The van der Waals surface area contributed by atoms with Gasteiger partial charge in [-0.15, -0.1) is 0 Å². The first-order valence-electron chi connectivity index (χ1n) is 10.6. The van der Waals surface area contributed by atoms with E-state index in [9.17, 15) is 13.2 Å². The van der Waals surface area contributed by atoms with Crippen LogP contribution in [0.4, 0.5) is 5.69 Å². The summed E-state index contributed by atoms with van der Waals surface area (Å²) in [6, 6.07) is 11.0. The maximum Gasteiger partial charge on any atom is 0.227 e. The molecule has 2 aromatic carbocycles. The highest BCUT2D eigenvalue weighted by Gasteiger charge is 2.32. The van der Waals surface area contributed by atoms with E-state index in [1.807, 2.05) is 18.2 Å². The van der Waals surface area contributed by atoms with E-state index in [2.05, 4.69) is 19.2 Å². The third kappa shape index (κ3) is 5.61. The fraction of sp³-hybridized carbons (Fsp3) is 0.435. The van der Waals surface area contributed by atoms with Gasteiger partial charge in [0, 0.05) is 40.3 Å². The molecule has 0 radical (unpaired) electrons. The highest BCUT2D eigenvalue weighted by molar-refractivity contribution is 7.88. The van der Waals surface area contributed by atoms with Gasteiger partial charge in [0.2, 0.25) is 15.9 Å². The Labute approximate surface area is 194 Å². The van der Waals surface area contributed by atoms with Gasteiger partial charge in [-0.05, 0) is 48.9 Å². The van der Waals surface area contributed by atoms with Gasteiger partial charge in [0.15, 0.2) is 0 Å². The van der Waals surface area contributed by atoms with E-state index in [1.54, 1.807) is 18.2 Å². The van der Waals surface area contributed by atoms with Crippen molar-refractivity contribution in [3.63, 3.8) is 0 Å². The molecule has 0 atom stereocenters. The molecule has 1 fully saturated rings. The van der Waals surface area contributed by atoms with Gasteiger partial charge in [-0.25, -0.2) is 12.7 Å². The monoisotopic (exact) mass is 482 g/mol. The van der Waals surface area contributed by atoms with Crippen molar-refractivity contribution in [1.82, 2.24) is 4.31 Å². The van der Waals surface area contributed by atoms with Crippen LogP contribution in [0.25, 0.3) is 0 Å². The lowest BCUT2D eigenvalue weighted by Gasteiger charge is -2.31. The molecule has 1 aliphatic rings. The van der Waals surface area contributed by atoms with Crippen LogP contribution in [0.1, 0.15) is 43.4 Å². The van der Waals surface area contributed by atoms with E-state index in [0.717, 1.165) is 29.7 Å². The summed E-state index contributed by atoms with van der Waals surface area (Å²) in [5, 5.41) is 3.80. The maximum atomic E-state index is 12.9. The van der Waals surface area contributed by atoms with Gasteiger partial charge in [0.1, 0.15) is 0 Å². The molecule has 168 valence electrons. The Morgan fingerprint density at radius 3 is 2.03 bits per heavy atom. The largest absolute Gasteiger partial charge is 0.325 e. The first-order chi connectivity index (χ1) is 14.8. The van der Waals surface area contributed by atoms with Gasteiger partial charge in [-0.1, -0.05) is 61.3 Å². The number of piperidine rings is 1. The third-order valence-corrected chi connectivity index (χ3v) is 8.37. The lowest BCUT2D eigenvalue weighted by Crippen LogP contribution is -2.42. The van der Waals surface area contributed by atoms with Gasteiger partial charge >= 0.3 is 0 Å². The smallest absolute Gasteiger partial charge is 0.227 e. The Kier molecular flexibility index (Phi) is 8.03. The molecule has 0 aliphatic carbocycles. The summed E-state index contributed by atoms with van der Waals surface area (Å²) in [6.07, 6.45) is 2.64. The number of nitrogens with zero attached hydrogens (tertiary/aromatic N) is 1. The van der Waals surface area contributed by atoms with E-state index in [0.29, 0.717) is 41.5 Å². The Bertz CT molecular complexity index is 1010. The van der Waals surface area contributed by atoms with Gasteiger partial charge in [0.05, 0.1) is 5.75 Å². The van der Waals surface area contributed by atoms with Crippen molar-refractivity contribution in [3.05, 3.63) is 63.1 Å². The predicted octanol–water partition coefficient (Wildman–Crippen LogP) is 5.30. The number of para-hydroxylation sites is 1. The average molecular weight is 483 g/mol. The number of rotatable bonds is 7. The minimum absolute atomic E-state index is 0.0400. The molecule has 0 unspecified atom stereocenters. The lowest BCUT2D eigenvalue weighted by atomic mass is 9.96. The number of anilines is 1. The van der Waals surface area contributed by atoms with Crippen LogP contribution >= 0.6 is 23.2 Å². The van der Waals surface area contributed by atoms with Crippen LogP contribution in [0.3, 0.4) is 0 Å². The summed E-state index contributed by atoms with van der Waals surface area (Å²) in [4.78, 5) is 12.9. The molecular weight excluding hydrogens is 455 g/mol. The van der Waals surface area contributed by atoms with Crippen molar-refractivity contribution < 1.29 is 13.2 Å². The first-order valence-corrected chi connectivity index (χ1v) is 13.0. The Balaban J connectivity index is 1.65. The topological polar surface area (TPSA) is 66.5 Å². The summed E-state index contributed by atoms with van der Waals surface area (Å²) in [7, 11) is -3.58. The number of amides is 1. The van der Waals surface area contributed by atoms with Gasteiger partial charge in [-0.2, -0.15) is 0 Å². The molecular formula is C23H28Cl2N2O3S. The fourth-order valence-corrected chi connectivity index (χ4v) is 6.28. The second kappa shape index (κ2) is 10.3. The molecule has 3 rings (SSSR count). The van der Waals surface area contributed by atoms with Crippen LogP contribution in [0.15, 0.2) is 36.4 Å².